The summed E-state index contributed by atoms with van der Waals surface area (Å²) in [6.45, 7) is 7.27. The van der Waals surface area contributed by atoms with Crippen molar-refractivity contribution >= 4 is 29.5 Å². The summed E-state index contributed by atoms with van der Waals surface area (Å²) in [6.07, 6.45) is 5.35. The lowest BCUT2D eigenvalue weighted by molar-refractivity contribution is 0.0593. The number of methoxy groups -OCH3 is 1. The number of aromatic nitrogens is 2. The van der Waals surface area contributed by atoms with Gasteiger partial charge in [0.25, 0.3) is 0 Å². The number of hydrogen-bond acceptors (Lipinski definition) is 9. The largest absolute Gasteiger partial charge is 0.464 e. The van der Waals surface area contributed by atoms with E-state index in [1.807, 2.05) is 48.5 Å². The molecule has 1 saturated heterocycles. The highest BCUT2D eigenvalue weighted by atomic mass is 16.6. The molecule has 3 heterocycles. The Morgan fingerprint density at radius 2 is 1.91 bits per heavy atom. The molecule has 44 heavy (non-hydrogen) atoms. The predicted octanol–water partition coefficient (Wildman–Crippen LogP) is 3.86. The van der Waals surface area contributed by atoms with Gasteiger partial charge in [-0.25, -0.2) is 24.5 Å². The van der Waals surface area contributed by atoms with Crippen LogP contribution in [0.3, 0.4) is 0 Å². The van der Waals surface area contributed by atoms with Gasteiger partial charge in [0.05, 0.1) is 31.2 Å². The van der Waals surface area contributed by atoms with Gasteiger partial charge in [-0.15, -0.1) is 0 Å². The molecule has 3 aromatic rings. The standard InChI is InChI=1S/C32H36N8O4/c1-22(2)28-19-38(29-17-34-27(16-35-29)30(41)43-3)14-15-40(28)31(36-21-33)37-26-11-7-10-24-18-39(13-12-25(24)26)32(42)44-20-23-8-5-4-6-9-23/h4-11,16-17,22,28H,12-15,18-20H2,1-3H3,(H,36,37)/t28-/m1/s1. The summed E-state index contributed by atoms with van der Waals surface area (Å²) in [5, 5.41) is 12.5. The highest BCUT2D eigenvalue weighted by molar-refractivity contribution is 5.87. The van der Waals surface area contributed by atoms with Crippen molar-refractivity contribution in [1.29, 1.82) is 5.26 Å². The second-order valence-electron chi connectivity index (χ2n) is 11.0. The molecule has 12 nitrogen and oxygen atoms in total. The molecule has 228 valence electrons. The van der Waals surface area contributed by atoms with Crippen molar-refractivity contribution in [3.05, 3.63) is 83.3 Å². The Balaban J connectivity index is 1.31. The van der Waals surface area contributed by atoms with Crippen molar-refractivity contribution in [3.63, 3.8) is 0 Å². The fourth-order valence-corrected chi connectivity index (χ4v) is 5.53. The molecule has 0 radical (unpaired) electrons. The quantitative estimate of drug-likeness (QED) is 0.147. The highest BCUT2D eigenvalue weighted by Crippen LogP contribution is 2.30. The van der Waals surface area contributed by atoms with Crippen LogP contribution >= 0.6 is 0 Å². The van der Waals surface area contributed by atoms with Crippen molar-refractivity contribution in [2.24, 2.45) is 10.9 Å². The van der Waals surface area contributed by atoms with Gasteiger partial charge in [0.1, 0.15) is 12.4 Å². The molecule has 1 amide bonds. The number of nitrogens with zero attached hydrogens (tertiary/aromatic N) is 7. The first kappa shape index (κ1) is 30.3. The Morgan fingerprint density at radius 1 is 1.09 bits per heavy atom. The van der Waals surface area contributed by atoms with Crippen LogP contribution in [0, 0.1) is 17.4 Å². The lowest BCUT2D eigenvalue weighted by Crippen LogP contribution is -2.59. The van der Waals surface area contributed by atoms with Crippen molar-refractivity contribution in [1.82, 2.24) is 25.1 Å². The number of carbonyl (C=O) groups excluding carboxylic acids is 2. The normalized spacial score (nSPS) is 16.7. The first-order valence-electron chi connectivity index (χ1n) is 14.6. The number of fused-ring (bicyclic) bond motifs is 1. The molecule has 1 atom stereocenters. The van der Waals surface area contributed by atoms with E-state index < -0.39 is 5.97 Å². The second-order valence-corrected chi connectivity index (χ2v) is 11.0. The third kappa shape index (κ3) is 6.89. The monoisotopic (exact) mass is 596 g/mol. The van der Waals surface area contributed by atoms with Gasteiger partial charge in [0.2, 0.25) is 5.96 Å². The summed E-state index contributed by atoms with van der Waals surface area (Å²) in [5.74, 6) is 0.844. The van der Waals surface area contributed by atoms with E-state index >= 15 is 0 Å². The molecular weight excluding hydrogens is 560 g/mol. The summed E-state index contributed by atoms with van der Waals surface area (Å²) in [4.78, 5) is 44.2. The Bertz CT molecular complexity index is 1540. The first-order valence-corrected chi connectivity index (χ1v) is 14.6. The van der Waals surface area contributed by atoms with Gasteiger partial charge in [0.15, 0.2) is 11.9 Å². The van der Waals surface area contributed by atoms with E-state index in [2.05, 4.69) is 45.1 Å². The maximum absolute atomic E-state index is 12.8. The lowest BCUT2D eigenvalue weighted by atomic mass is 9.98. The fraction of sp³-hybridized carbons (Fsp3) is 0.375. The first-order chi connectivity index (χ1) is 21.4. The summed E-state index contributed by atoms with van der Waals surface area (Å²) in [5.41, 5.74) is 3.92. The second kappa shape index (κ2) is 13.9. The molecular formula is C32H36N8O4. The van der Waals surface area contributed by atoms with Crippen molar-refractivity contribution in [3.8, 4) is 6.19 Å². The number of ether oxygens (including phenoxy) is 2. The zero-order chi connectivity index (χ0) is 31.1. The van der Waals surface area contributed by atoms with Crippen LogP contribution < -0.4 is 10.2 Å². The Labute approximate surface area is 256 Å². The zero-order valence-corrected chi connectivity index (χ0v) is 25.1. The smallest absolute Gasteiger partial charge is 0.410 e. The fourth-order valence-electron chi connectivity index (χ4n) is 5.53. The Morgan fingerprint density at radius 3 is 2.61 bits per heavy atom. The molecule has 0 aliphatic carbocycles. The molecule has 2 aromatic carbocycles. The van der Waals surface area contributed by atoms with Crippen LogP contribution in [0.2, 0.25) is 0 Å². The number of benzene rings is 2. The number of nitrogens with one attached hydrogen (secondary N) is 1. The third-order valence-corrected chi connectivity index (χ3v) is 7.92. The Hall–Kier alpha value is -5.18. The zero-order valence-electron chi connectivity index (χ0n) is 25.1. The minimum absolute atomic E-state index is 0.0137. The van der Waals surface area contributed by atoms with Crippen LogP contribution in [0.5, 0.6) is 0 Å². The molecule has 0 saturated carbocycles. The predicted molar refractivity (Wildman–Crippen MR) is 164 cm³/mol. The lowest BCUT2D eigenvalue weighted by Gasteiger charge is -2.44. The molecule has 5 rings (SSSR count). The van der Waals surface area contributed by atoms with Crippen LogP contribution in [-0.2, 0) is 29.0 Å². The maximum Gasteiger partial charge on any atom is 0.410 e. The van der Waals surface area contributed by atoms with Crippen LogP contribution in [0.25, 0.3) is 0 Å². The van der Waals surface area contributed by atoms with Gasteiger partial charge in [-0.3, -0.25) is 5.32 Å². The number of rotatable bonds is 6. The molecule has 2 aliphatic rings. The molecule has 12 heteroatoms. The van der Waals surface area contributed by atoms with E-state index in [0.29, 0.717) is 50.9 Å². The van der Waals surface area contributed by atoms with Gasteiger partial charge in [-0.2, -0.15) is 5.26 Å². The number of amides is 1. The van der Waals surface area contributed by atoms with E-state index in [1.54, 1.807) is 11.1 Å². The van der Waals surface area contributed by atoms with Gasteiger partial charge in [-0.1, -0.05) is 56.3 Å². The minimum atomic E-state index is -0.531. The molecule has 0 unspecified atom stereocenters. The van der Waals surface area contributed by atoms with Crippen molar-refractivity contribution in [2.45, 2.75) is 39.5 Å². The maximum atomic E-state index is 12.8. The topological polar surface area (TPSA) is 136 Å². The van der Waals surface area contributed by atoms with Crippen LogP contribution in [0.1, 0.15) is 41.0 Å². The number of piperazine rings is 1. The number of hydrogen-bond donors (Lipinski definition) is 1. The van der Waals surface area contributed by atoms with E-state index in [0.717, 1.165) is 22.4 Å². The SMILES string of the molecule is COC(=O)c1cnc(N2CCN(C(=Nc3cccc4c3CCN(C(=O)OCc3ccccc3)C4)NC#N)[C@@H](C(C)C)C2)cn1. The molecule has 2 aliphatic heterocycles. The van der Waals surface area contributed by atoms with E-state index in [9.17, 15) is 14.9 Å². The summed E-state index contributed by atoms with van der Waals surface area (Å²) in [7, 11) is 1.31. The van der Waals surface area contributed by atoms with Gasteiger partial charge in [-0.05, 0) is 35.1 Å². The molecule has 1 N–H and O–H groups in total. The third-order valence-electron chi connectivity index (χ3n) is 7.92. The van der Waals surface area contributed by atoms with Crippen molar-refractivity contribution in [2.75, 3.05) is 38.2 Å². The number of anilines is 1. The van der Waals surface area contributed by atoms with Crippen LogP contribution in [0.4, 0.5) is 16.3 Å². The number of nitriles is 1. The van der Waals surface area contributed by atoms with E-state index in [-0.39, 0.29) is 30.4 Å². The molecule has 0 spiro atoms. The number of guanidine groups is 1. The minimum Gasteiger partial charge on any atom is -0.464 e. The summed E-state index contributed by atoms with van der Waals surface area (Å²) < 4.78 is 10.3. The van der Waals surface area contributed by atoms with Crippen LogP contribution in [-0.4, -0.2) is 77.1 Å². The van der Waals surface area contributed by atoms with Crippen LogP contribution in [0.15, 0.2) is 65.9 Å². The van der Waals surface area contributed by atoms with Gasteiger partial charge in [0, 0.05) is 32.7 Å². The number of carbonyl (C=O) groups is 2. The summed E-state index contributed by atoms with van der Waals surface area (Å²) in [6, 6.07) is 15.5. The molecule has 0 bridgehead atoms. The van der Waals surface area contributed by atoms with E-state index in [4.69, 9.17) is 14.5 Å². The van der Waals surface area contributed by atoms with Crippen molar-refractivity contribution < 1.29 is 19.1 Å². The number of esters is 1. The molecule has 1 fully saturated rings. The number of aliphatic imine (C=N–C) groups is 1. The Kier molecular flexibility index (Phi) is 9.54. The average molecular weight is 597 g/mol. The summed E-state index contributed by atoms with van der Waals surface area (Å²) >= 11 is 0. The average Bonchev–Trinajstić information content (AvgIpc) is 3.06. The van der Waals surface area contributed by atoms with Gasteiger partial charge < -0.3 is 24.2 Å². The highest BCUT2D eigenvalue weighted by Gasteiger charge is 2.33. The van der Waals surface area contributed by atoms with E-state index in [1.165, 1.54) is 13.3 Å². The van der Waals surface area contributed by atoms with Gasteiger partial charge >= 0.3 is 12.1 Å². The molecule has 1 aromatic heterocycles.